The summed E-state index contributed by atoms with van der Waals surface area (Å²) in [5.41, 5.74) is 24.1. The molecule has 9 aromatic carbocycles. The van der Waals surface area contributed by atoms with Crippen LogP contribution in [0, 0.1) is 0 Å². The predicted octanol–water partition coefficient (Wildman–Crippen LogP) is 12.7. The Morgan fingerprint density at radius 3 is 1.41 bits per heavy atom. The van der Waals surface area contributed by atoms with Gasteiger partial charge in [-0.3, -0.25) is 0 Å². The van der Waals surface area contributed by atoms with Crippen molar-refractivity contribution in [2.75, 3.05) is 4.90 Å². The van der Waals surface area contributed by atoms with E-state index in [9.17, 15) is 0 Å². The van der Waals surface area contributed by atoms with E-state index in [0.29, 0.717) is 0 Å². The zero-order valence-corrected chi connectivity index (χ0v) is 41.8. The predicted molar refractivity (Wildman–Crippen MR) is 257 cm³/mol. The Labute approximate surface area is 390 Å². The van der Waals surface area contributed by atoms with Gasteiger partial charge in [0, 0.05) is 0 Å². The summed E-state index contributed by atoms with van der Waals surface area (Å²) in [5, 5.41) is 0. The van der Waals surface area contributed by atoms with Crippen molar-refractivity contribution in [2.24, 2.45) is 0 Å². The van der Waals surface area contributed by atoms with E-state index in [1.807, 2.05) is 0 Å². The molecule has 61 heavy (non-hydrogen) atoms. The Morgan fingerprint density at radius 1 is 0.328 bits per heavy atom. The van der Waals surface area contributed by atoms with Crippen molar-refractivity contribution in [3.05, 3.63) is 234 Å². The fourth-order valence-electron chi connectivity index (χ4n) is 11.0. The molecule has 0 aliphatic heterocycles. The van der Waals surface area contributed by atoms with E-state index >= 15 is 0 Å². The first-order chi connectivity index (χ1) is 29.8. The monoisotopic (exact) mass is 1170 g/mol. The van der Waals surface area contributed by atoms with E-state index in [1.54, 1.807) is 0 Å². The van der Waals surface area contributed by atoms with Crippen molar-refractivity contribution < 1.29 is 0 Å². The molecule has 0 bridgehead atoms. The van der Waals surface area contributed by atoms with Crippen LogP contribution >= 0.6 is 0 Å². The van der Waals surface area contributed by atoms with Crippen LogP contribution in [0.5, 0.6) is 0 Å². The van der Waals surface area contributed by atoms with E-state index < -0.39 is 5.41 Å². The molecule has 1 unspecified atom stereocenters. The molecule has 0 heterocycles. The fourth-order valence-corrected chi connectivity index (χ4v) is 12.7. The van der Waals surface area contributed by atoms with Crippen LogP contribution in [0.2, 0.25) is 0 Å². The Bertz CT molecular complexity index is 3240. The number of benzene rings is 9. The van der Waals surface area contributed by atoms with Crippen LogP contribution in [0.15, 0.2) is 200 Å². The van der Waals surface area contributed by atoms with Crippen LogP contribution in [-0.2, 0) is 10.8 Å². The molecule has 3 aliphatic carbocycles. The number of anilines is 3. The molecule has 0 aromatic heterocycles. The third kappa shape index (κ3) is 5.51. The van der Waals surface area contributed by atoms with Crippen LogP contribution in [0.3, 0.4) is 0 Å². The SMILES string of the molecule is CC1(C)c2ccccc2-c2ccc(N(c3ccc4c(c3)C3(c5c[c]([Pb])ccc5-c5ccc(-c6ccccc6)cc53)c3c[c]([Pb])ccc3-4)c3ccccc3-c3ccccc3)cc21. The molecule has 1 spiro atoms. The average Bonchev–Trinajstić information content (AvgIpc) is 3.84. The first-order valence-corrected chi connectivity index (χ1v) is 25.0. The van der Waals surface area contributed by atoms with Gasteiger partial charge < -0.3 is 0 Å². The molecular formula is C58H39NPb2. The third-order valence-corrected chi connectivity index (χ3v) is 16.1. The van der Waals surface area contributed by atoms with Crippen LogP contribution in [-0.4, -0.2) is 51.5 Å². The Hall–Kier alpha value is -5.38. The summed E-state index contributed by atoms with van der Waals surface area (Å²) in [5.74, 6) is 0. The molecule has 6 radical (unpaired) electrons. The Kier molecular flexibility index (Phi) is 8.63. The number of nitrogens with zero attached hydrogens (tertiary/aromatic N) is 1. The molecule has 0 saturated carbocycles. The van der Waals surface area contributed by atoms with Gasteiger partial charge in [-0.15, -0.1) is 0 Å². The second kappa shape index (κ2) is 14.1. The molecule has 0 fully saturated rings. The zero-order chi connectivity index (χ0) is 41.0. The van der Waals surface area contributed by atoms with Crippen LogP contribution in [0.25, 0.3) is 55.6 Å². The van der Waals surface area contributed by atoms with Crippen LogP contribution < -0.4 is 11.1 Å². The van der Waals surface area contributed by atoms with Gasteiger partial charge in [0.1, 0.15) is 0 Å². The van der Waals surface area contributed by atoms with Crippen LogP contribution in [0.1, 0.15) is 47.2 Å². The summed E-state index contributed by atoms with van der Waals surface area (Å²) in [6, 6.07) is 76.1. The molecule has 1 atom stereocenters. The average molecular weight is 1160 g/mol. The van der Waals surface area contributed by atoms with Crippen molar-refractivity contribution in [3.63, 3.8) is 0 Å². The second-order valence-electron chi connectivity index (χ2n) is 17.2. The second-order valence-corrected chi connectivity index (χ2v) is 21.7. The van der Waals surface area contributed by atoms with Crippen LogP contribution in [0.4, 0.5) is 17.1 Å². The van der Waals surface area contributed by atoms with E-state index in [0.717, 1.165) is 68.6 Å². The zero-order valence-electron chi connectivity index (χ0n) is 34.0. The molecule has 9 aromatic rings. The van der Waals surface area contributed by atoms with Gasteiger partial charge in [-0.1, -0.05) is 56.3 Å². The fraction of sp³-hybridized carbons (Fsp3) is 0.0690. The topological polar surface area (TPSA) is 3.24 Å². The number of hydrogen-bond acceptors (Lipinski definition) is 1. The molecule has 3 heteroatoms. The van der Waals surface area contributed by atoms with Gasteiger partial charge in [-0.25, -0.2) is 0 Å². The van der Waals surface area contributed by atoms with Crippen molar-refractivity contribution in [1.29, 1.82) is 0 Å². The van der Waals surface area contributed by atoms with Crippen molar-refractivity contribution in [2.45, 2.75) is 24.7 Å². The van der Waals surface area contributed by atoms with Crippen molar-refractivity contribution in [1.82, 2.24) is 0 Å². The minimum atomic E-state index is -0.469. The van der Waals surface area contributed by atoms with Gasteiger partial charge >= 0.3 is 326 Å². The van der Waals surface area contributed by atoms with Gasteiger partial charge in [0.25, 0.3) is 0 Å². The molecule has 12 rings (SSSR count). The summed E-state index contributed by atoms with van der Waals surface area (Å²) >= 11 is 1.97. The quantitative estimate of drug-likeness (QED) is 0.155. The number of rotatable bonds is 5. The van der Waals surface area contributed by atoms with Gasteiger partial charge in [-0.2, -0.15) is 0 Å². The summed E-state index contributed by atoms with van der Waals surface area (Å²) in [6.45, 7) is 4.77. The molecule has 1 nitrogen and oxygen atoms in total. The van der Waals surface area contributed by atoms with Gasteiger partial charge in [0.2, 0.25) is 0 Å². The van der Waals surface area contributed by atoms with Gasteiger partial charge in [-0.05, 0) is 11.1 Å². The number of hydrogen-bond donors (Lipinski definition) is 0. The Balaban J connectivity index is 1.15. The summed E-state index contributed by atoms with van der Waals surface area (Å²) in [7, 11) is 0. The molecule has 284 valence electrons. The van der Waals surface area contributed by atoms with Crippen molar-refractivity contribution >= 4 is 74.8 Å². The molecular weight excluding hydrogens is 1130 g/mol. The standard InChI is InChI=1S/C58H39N.2Pb/c1-57(2)50-25-13-9-22-44(50)47-33-30-41(36-53(47)57)59(56-28-16-12-21-43(56)39-19-7-4-8-20-39)42-31-34-49-46-24-11-15-27-52(46)58(55(49)37-42)51-26-14-10-23-45(51)48-32-29-40(35-54(48)58)38-17-5-3-6-18-38;;/h3-13,16-37H,1-2H3;;. The minimum absolute atomic E-state index is 0.133. The summed E-state index contributed by atoms with van der Waals surface area (Å²) < 4.78 is 2.84. The van der Waals surface area contributed by atoms with E-state index in [-0.39, 0.29) is 5.41 Å². The molecule has 0 amide bonds. The normalized spacial score (nSPS) is 15.7. The molecule has 0 N–H and O–H groups in total. The molecule has 0 saturated heterocycles. The molecule has 3 aliphatic rings. The Morgan fingerprint density at radius 2 is 0.770 bits per heavy atom. The summed E-state index contributed by atoms with van der Waals surface area (Å²) in [6.07, 6.45) is 0. The van der Waals surface area contributed by atoms with E-state index in [2.05, 4.69) is 219 Å². The first kappa shape index (κ1) is 37.4. The van der Waals surface area contributed by atoms with Gasteiger partial charge in [0.05, 0.1) is 0 Å². The third-order valence-electron chi connectivity index (χ3n) is 13.7. The first-order valence-electron chi connectivity index (χ1n) is 21.1. The number of fused-ring (bicyclic) bond motifs is 13. The van der Waals surface area contributed by atoms with E-state index in [1.165, 1.54) is 95.3 Å². The van der Waals surface area contributed by atoms with Crippen molar-refractivity contribution in [3.8, 4) is 55.6 Å². The maximum atomic E-state index is 2.56. The number of para-hydroxylation sites is 1. The van der Waals surface area contributed by atoms with Gasteiger partial charge in [0.15, 0.2) is 0 Å². The maximum absolute atomic E-state index is 2.56. The summed E-state index contributed by atoms with van der Waals surface area (Å²) in [4.78, 5) is 2.54. The van der Waals surface area contributed by atoms with E-state index in [4.69, 9.17) is 0 Å².